The van der Waals surface area contributed by atoms with Gasteiger partial charge in [0.15, 0.2) is 0 Å². The monoisotopic (exact) mass is 372 g/mol. The molecule has 0 aliphatic carbocycles. The molecule has 0 fully saturated rings. The fourth-order valence-electron chi connectivity index (χ4n) is 3.01. The van der Waals surface area contributed by atoms with E-state index in [2.05, 4.69) is 25.7 Å². The number of benzene rings is 1. The predicted molar refractivity (Wildman–Crippen MR) is 104 cm³/mol. The van der Waals surface area contributed by atoms with Crippen molar-refractivity contribution in [3.05, 3.63) is 59.3 Å². The van der Waals surface area contributed by atoms with Gasteiger partial charge in [0, 0.05) is 19.4 Å². The molecule has 0 saturated heterocycles. The summed E-state index contributed by atoms with van der Waals surface area (Å²) < 4.78 is 10.3. The minimum absolute atomic E-state index is 0.153. The number of allylic oxidation sites excluding steroid dienone is 1. The van der Waals surface area contributed by atoms with Crippen LogP contribution in [0.3, 0.4) is 0 Å². The predicted octanol–water partition coefficient (Wildman–Crippen LogP) is 3.53. The first-order chi connectivity index (χ1) is 12.9. The first-order valence-electron chi connectivity index (χ1n) is 9.06. The summed E-state index contributed by atoms with van der Waals surface area (Å²) in [5.41, 5.74) is 3.02. The first kappa shape index (κ1) is 20.7. The summed E-state index contributed by atoms with van der Waals surface area (Å²) >= 11 is 0. The molecular formula is C21H28N2O4. The SMILES string of the molecule is C=CCN1C(=O)NC(c2ccc(C(C)C)cc2)C(C(=O)OCCOC)=C1C. The Morgan fingerprint density at radius 1 is 1.30 bits per heavy atom. The highest BCUT2D eigenvalue weighted by molar-refractivity contribution is 5.95. The van der Waals surface area contributed by atoms with Gasteiger partial charge in [-0.2, -0.15) is 0 Å². The average molecular weight is 372 g/mol. The van der Waals surface area contributed by atoms with Crippen molar-refractivity contribution in [2.75, 3.05) is 26.9 Å². The molecule has 1 aliphatic heterocycles. The minimum atomic E-state index is -0.560. The van der Waals surface area contributed by atoms with Crippen molar-refractivity contribution in [3.63, 3.8) is 0 Å². The normalized spacial score (nSPS) is 17.1. The van der Waals surface area contributed by atoms with Gasteiger partial charge in [-0.1, -0.05) is 44.2 Å². The van der Waals surface area contributed by atoms with E-state index in [1.165, 1.54) is 10.5 Å². The lowest BCUT2D eigenvalue weighted by Crippen LogP contribution is -2.48. The molecule has 0 saturated carbocycles. The van der Waals surface area contributed by atoms with Crippen molar-refractivity contribution in [1.82, 2.24) is 10.2 Å². The highest BCUT2D eigenvalue weighted by Crippen LogP contribution is 2.32. The van der Waals surface area contributed by atoms with Gasteiger partial charge in [0.05, 0.1) is 18.2 Å². The summed E-state index contributed by atoms with van der Waals surface area (Å²) in [6.07, 6.45) is 1.62. The molecule has 27 heavy (non-hydrogen) atoms. The molecule has 0 radical (unpaired) electrons. The molecule has 0 spiro atoms. The average Bonchev–Trinajstić information content (AvgIpc) is 2.64. The second kappa shape index (κ2) is 9.37. The molecule has 1 aliphatic rings. The Hall–Kier alpha value is -2.60. The topological polar surface area (TPSA) is 67.9 Å². The lowest BCUT2D eigenvalue weighted by atomic mass is 9.92. The highest BCUT2D eigenvalue weighted by atomic mass is 16.6. The zero-order valence-electron chi connectivity index (χ0n) is 16.5. The van der Waals surface area contributed by atoms with Gasteiger partial charge in [-0.15, -0.1) is 6.58 Å². The summed E-state index contributed by atoms with van der Waals surface area (Å²) in [6.45, 7) is 10.5. The Morgan fingerprint density at radius 3 is 2.52 bits per heavy atom. The molecule has 1 aromatic carbocycles. The number of methoxy groups -OCH3 is 1. The van der Waals surface area contributed by atoms with Gasteiger partial charge in [-0.3, -0.25) is 4.90 Å². The number of esters is 1. The number of urea groups is 1. The van der Waals surface area contributed by atoms with E-state index in [0.29, 0.717) is 30.3 Å². The summed E-state index contributed by atoms with van der Waals surface area (Å²) in [5.74, 6) is -0.0598. The highest BCUT2D eigenvalue weighted by Gasteiger charge is 2.36. The third kappa shape index (κ3) is 4.77. The fraction of sp³-hybridized carbons (Fsp3) is 0.429. The Balaban J connectivity index is 2.41. The zero-order chi connectivity index (χ0) is 20.0. The van der Waals surface area contributed by atoms with Crippen LogP contribution in [0.5, 0.6) is 0 Å². The van der Waals surface area contributed by atoms with Crippen LogP contribution in [-0.4, -0.2) is 43.8 Å². The van der Waals surface area contributed by atoms with Crippen LogP contribution in [0.2, 0.25) is 0 Å². The van der Waals surface area contributed by atoms with Crippen LogP contribution in [0.25, 0.3) is 0 Å². The standard InChI is InChI=1S/C21H28N2O4/c1-6-11-23-15(4)18(20(24)27-13-12-26-5)19(22-21(23)25)17-9-7-16(8-10-17)14(2)3/h6-10,14,19H,1,11-13H2,2-5H3,(H,22,25). The van der Waals surface area contributed by atoms with Gasteiger partial charge in [-0.25, -0.2) is 9.59 Å². The Kier molecular flexibility index (Phi) is 7.19. The number of hydrogen-bond donors (Lipinski definition) is 1. The molecule has 1 N–H and O–H groups in total. The van der Waals surface area contributed by atoms with Gasteiger partial charge in [0.25, 0.3) is 0 Å². The molecule has 0 aromatic heterocycles. The number of ether oxygens (including phenoxy) is 2. The van der Waals surface area contributed by atoms with Crippen LogP contribution in [-0.2, 0) is 14.3 Å². The number of carbonyl (C=O) groups excluding carboxylic acids is 2. The smallest absolute Gasteiger partial charge is 0.338 e. The fourth-order valence-corrected chi connectivity index (χ4v) is 3.01. The van der Waals surface area contributed by atoms with E-state index in [4.69, 9.17) is 9.47 Å². The third-order valence-corrected chi connectivity index (χ3v) is 4.58. The van der Waals surface area contributed by atoms with E-state index in [0.717, 1.165) is 5.56 Å². The number of hydrogen-bond acceptors (Lipinski definition) is 4. The largest absolute Gasteiger partial charge is 0.460 e. The van der Waals surface area contributed by atoms with E-state index < -0.39 is 12.0 Å². The van der Waals surface area contributed by atoms with Crippen LogP contribution in [0.1, 0.15) is 43.9 Å². The van der Waals surface area contributed by atoms with Crippen LogP contribution < -0.4 is 5.32 Å². The lowest BCUT2D eigenvalue weighted by molar-refractivity contribution is -0.140. The number of carbonyl (C=O) groups is 2. The first-order valence-corrected chi connectivity index (χ1v) is 9.06. The maximum absolute atomic E-state index is 12.8. The molecule has 2 amide bonds. The van der Waals surface area contributed by atoms with Crippen molar-refractivity contribution in [3.8, 4) is 0 Å². The Bertz CT molecular complexity index is 722. The summed E-state index contributed by atoms with van der Waals surface area (Å²) in [5, 5.41) is 2.92. The molecule has 1 atom stereocenters. The summed E-state index contributed by atoms with van der Waals surface area (Å²) in [6, 6.07) is 7.10. The third-order valence-electron chi connectivity index (χ3n) is 4.58. The van der Waals surface area contributed by atoms with E-state index in [1.54, 1.807) is 20.1 Å². The van der Waals surface area contributed by atoms with Gasteiger partial charge < -0.3 is 14.8 Å². The molecule has 146 valence electrons. The second-order valence-electron chi connectivity index (χ2n) is 6.73. The van der Waals surface area contributed by atoms with E-state index in [1.807, 2.05) is 24.3 Å². The van der Waals surface area contributed by atoms with Crippen molar-refractivity contribution >= 4 is 12.0 Å². The van der Waals surface area contributed by atoms with Gasteiger partial charge in [0.1, 0.15) is 6.61 Å². The minimum Gasteiger partial charge on any atom is -0.460 e. The van der Waals surface area contributed by atoms with Crippen LogP contribution in [0, 0.1) is 0 Å². The van der Waals surface area contributed by atoms with E-state index in [9.17, 15) is 9.59 Å². The quantitative estimate of drug-likeness (QED) is 0.431. The molecule has 1 heterocycles. The maximum Gasteiger partial charge on any atom is 0.338 e. The van der Waals surface area contributed by atoms with Crippen molar-refractivity contribution in [1.29, 1.82) is 0 Å². The van der Waals surface area contributed by atoms with Gasteiger partial charge in [0.2, 0.25) is 0 Å². The summed E-state index contributed by atoms with van der Waals surface area (Å²) in [7, 11) is 1.55. The van der Waals surface area contributed by atoms with E-state index >= 15 is 0 Å². The van der Waals surface area contributed by atoms with Crippen LogP contribution >= 0.6 is 0 Å². The molecule has 1 aromatic rings. The number of nitrogens with one attached hydrogen (secondary N) is 1. The molecule has 6 nitrogen and oxygen atoms in total. The van der Waals surface area contributed by atoms with Crippen molar-refractivity contribution < 1.29 is 19.1 Å². The Morgan fingerprint density at radius 2 is 1.96 bits per heavy atom. The van der Waals surface area contributed by atoms with Crippen molar-refractivity contribution in [2.24, 2.45) is 0 Å². The molecule has 1 unspecified atom stereocenters. The second-order valence-corrected chi connectivity index (χ2v) is 6.73. The number of amides is 2. The number of nitrogens with zero attached hydrogens (tertiary/aromatic N) is 1. The zero-order valence-corrected chi connectivity index (χ0v) is 16.5. The summed E-state index contributed by atoms with van der Waals surface area (Å²) in [4.78, 5) is 26.8. The maximum atomic E-state index is 12.8. The van der Waals surface area contributed by atoms with Gasteiger partial charge in [-0.05, 0) is 24.0 Å². The van der Waals surface area contributed by atoms with Gasteiger partial charge >= 0.3 is 12.0 Å². The van der Waals surface area contributed by atoms with Crippen LogP contribution in [0.15, 0.2) is 48.2 Å². The van der Waals surface area contributed by atoms with Crippen LogP contribution in [0.4, 0.5) is 4.79 Å². The molecule has 6 heteroatoms. The Labute approximate surface area is 160 Å². The number of rotatable bonds is 8. The van der Waals surface area contributed by atoms with E-state index in [-0.39, 0.29) is 12.6 Å². The lowest BCUT2D eigenvalue weighted by Gasteiger charge is -2.35. The molecular weight excluding hydrogens is 344 g/mol. The van der Waals surface area contributed by atoms with Crippen molar-refractivity contribution in [2.45, 2.75) is 32.7 Å². The molecule has 0 bridgehead atoms. The molecule has 2 rings (SSSR count).